The SMILES string of the molecule is CCCCOC1=C2C=CC(=C1)C2=O.[Cl-]. The molecule has 0 heterocycles. The number of ether oxygens (including phenoxy) is 1. The van der Waals surface area contributed by atoms with E-state index in [1.54, 1.807) is 0 Å². The molecule has 0 aliphatic heterocycles. The molecule has 76 valence electrons. The summed E-state index contributed by atoms with van der Waals surface area (Å²) in [5.74, 6) is 0.877. The van der Waals surface area contributed by atoms with Gasteiger partial charge in [-0.05, 0) is 18.6 Å². The molecule has 0 fully saturated rings. The molecule has 0 saturated carbocycles. The van der Waals surface area contributed by atoms with E-state index in [9.17, 15) is 4.79 Å². The maximum Gasteiger partial charge on any atom is 0.196 e. The molecule has 0 radical (unpaired) electrons. The molecule has 2 rings (SSSR count). The molecule has 0 unspecified atom stereocenters. The van der Waals surface area contributed by atoms with E-state index < -0.39 is 0 Å². The highest BCUT2D eigenvalue weighted by atomic mass is 35.5. The first-order chi connectivity index (χ1) is 6.33. The quantitative estimate of drug-likeness (QED) is 0.566. The summed E-state index contributed by atoms with van der Waals surface area (Å²) in [4.78, 5) is 11.3. The molecule has 0 atom stereocenters. The molecule has 2 aliphatic rings. The van der Waals surface area contributed by atoms with E-state index in [0.29, 0.717) is 6.61 Å². The Morgan fingerprint density at radius 2 is 2.14 bits per heavy atom. The van der Waals surface area contributed by atoms with Crippen LogP contribution in [0.15, 0.2) is 35.1 Å². The Bertz CT molecular complexity index is 337. The zero-order valence-electron chi connectivity index (χ0n) is 8.05. The minimum Gasteiger partial charge on any atom is -1.00 e. The second-order valence-electron chi connectivity index (χ2n) is 3.24. The summed E-state index contributed by atoms with van der Waals surface area (Å²) < 4.78 is 5.48. The van der Waals surface area contributed by atoms with Crippen LogP contribution in [0.25, 0.3) is 0 Å². The zero-order valence-corrected chi connectivity index (χ0v) is 8.80. The fourth-order valence-electron chi connectivity index (χ4n) is 1.45. The van der Waals surface area contributed by atoms with Crippen molar-refractivity contribution < 1.29 is 21.9 Å². The van der Waals surface area contributed by atoms with Crippen LogP contribution < -0.4 is 12.4 Å². The van der Waals surface area contributed by atoms with Crippen LogP contribution in [0.2, 0.25) is 0 Å². The first-order valence-corrected chi connectivity index (χ1v) is 4.64. The van der Waals surface area contributed by atoms with Crippen LogP contribution in [0.1, 0.15) is 19.8 Å². The molecule has 0 aromatic rings. The molecule has 2 bridgehead atoms. The summed E-state index contributed by atoms with van der Waals surface area (Å²) >= 11 is 0. The number of Topliss-reactive ketones (excluding diaryl/α,β-unsaturated/α-hetero) is 1. The Labute approximate surface area is 89.7 Å². The van der Waals surface area contributed by atoms with Crippen molar-refractivity contribution in [2.75, 3.05) is 6.61 Å². The number of rotatable bonds is 4. The van der Waals surface area contributed by atoms with Gasteiger partial charge in [0.15, 0.2) is 5.78 Å². The van der Waals surface area contributed by atoms with E-state index in [1.165, 1.54) is 0 Å². The fraction of sp³-hybridized carbons (Fsp3) is 0.364. The average molecular weight is 212 g/mol. The maximum atomic E-state index is 11.3. The third-order valence-electron chi connectivity index (χ3n) is 2.24. The highest BCUT2D eigenvalue weighted by Gasteiger charge is 2.27. The van der Waals surface area contributed by atoms with Gasteiger partial charge >= 0.3 is 0 Å². The van der Waals surface area contributed by atoms with Crippen molar-refractivity contribution >= 4 is 5.78 Å². The van der Waals surface area contributed by atoms with Crippen molar-refractivity contribution in [2.24, 2.45) is 0 Å². The predicted molar refractivity (Wildman–Crippen MR) is 50.1 cm³/mol. The summed E-state index contributed by atoms with van der Waals surface area (Å²) in [7, 11) is 0. The molecule has 0 saturated heterocycles. The molecule has 14 heavy (non-hydrogen) atoms. The molecule has 0 N–H and O–H groups in total. The van der Waals surface area contributed by atoms with Crippen molar-refractivity contribution in [1.82, 2.24) is 0 Å². The van der Waals surface area contributed by atoms with Gasteiger partial charge in [-0.2, -0.15) is 0 Å². The number of carbonyl (C=O) groups is 1. The summed E-state index contributed by atoms with van der Waals surface area (Å²) in [5.41, 5.74) is 1.49. The van der Waals surface area contributed by atoms with Gasteiger partial charge in [0.2, 0.25) is 0 Å². The van der Waals surface area contributed by atoms with E-state index in [4.69, 9.17) is 4.74 Å². The standard InChI is InChI=1S/C11H12O2.ClH/c1-2-3-6-13-10-7-8-4-5-9(10)11(8)12;/h4-5,7H,2-3,6H2,1H3;1H/p-1. The van der Waals surface area contributed by atoms with Crippen LogP contribution in [-0.4, -0.2) is 12.4 Å². The number of unbranched alkanes of at least 4 members (excludes halogenated alkanes) is 1. The number of ketones is 1. The normalized spacial score (nSPS) is 17.2. The van der Waals surface area contributed by atoms with Crippen molar-refractivity contribution in [3.8, 4) is 0 Å². The Morgan fingerprint density at radius 1 is 1.36 bits per heavy atom. The Hall–Kier alpha value is -1.02. The largest absolute Gasteiger partial charge is 1.00 e. The van der Waals surface area contributed by atoms with E-state index in [1.807, 2.05) is 18.2 Å². The molecule has 3 heteroatoms. The lowest BCUT2D eigenvalue weighted by Gasteiger charge is -2.05. The number of allylic oxidation sites excluding steroid dienone is 5. The Balaban J connectivity index is 0.000000980. The van der Waals surface area contributed by atoms with Crippen LogP contribution in [0, 0.1) is 0 Å². The lowest BCUT2D eigenvalue weighted by Crippen LogP contribution is -3.00. The third kappa shape index (κ3) is 1.75. The first-order valence-electron chi connectivity index (χ1n) is 4.64. The van der Waals surface area contributed by atoms with Gasteiger partial charge in [-0.1, -0.05) is 19.4 Å². The molecule has 0 aromatic heterocycles. The summed E-state index contributed by atoms with van der Waals surface area (Å²) in [6, 6.07) is 0. The van der Waals surface area contributed by atoms with Gasteiger partial charge in [-0.25, -0.2) is 0 Å². The molecule has 0 spiro atoms. The van der Waals surface area contributed by atoms with Crippen molar-refractivity contribution in [1.29, 1.82) is 0 Å². The molecule has 2 aliphatic carbocycles. The second-order valence-corrected chi connectivity index (χ2v) is 3.24. The number of carbonyl (C=O) groups excluding carboxylic acids is 1. The topological polar surface area (TPSA) is 26.3 Å². The van der Waals surface area contributed by atoms with E-state index in [0.717, 1.165) is 29.7 Å². The van der Waals surface area contributed by atoms with Gasteiger partial charge in [-0.15, -0.1) is 0 Å². The van der Waals surface area contributed by atoms with Crippen LogP contribution in [0.4, 0.5) is 0 Å². The minimum atomic E-state index is 0. The number of hydrogen-bond acceptors (Lipinski definition) is 2. The smallest absolute Gasteiger partial charge is 0.196 e. The minimum absolute atomic E-state index is 0. The van der Waals surface area contributed by atoms with Crippen LogP contribution in [0.3, 0.4) is 0 Å². The third-order valence-corrected chi connectivity index (χ3v) is 2.24. The lowest BCUT2D eigenvalue weighted by atomic mass is 10.2. The molecule has 2 nitrogen and oxygen atoms in total. The molecule has 0 amide bonds. The summed E-state index contributed by atoms with van der Waals surface area (Å²) in [6.07, 6.45) is 7.65. The van der Waals surface area contributed by atoms with Gasteiger partial charge in [0, 0.05) is 5.57 Å². The van der Waals surface area contributed by atoms with Crippen LogP contribution in [0.5, 0.6) is 0 Å². The van der Waals surface area contributed by atoms with E-state index in [-0.39, 0.29) is 18.2 Å². The van der Waals surface area contributed by atoms with Crippen LogP contribution in [-0.2, 0) is 9.53 Å². The lowest BCUT2D eigenvalue weighted by molar-refractivity contribution is -0.111. The van der Waals surface area contributed by atoms with Gasteiger partial charge in [0.25, 0.3) is 0 Å². The molecule has 0 aromatic carbocycles. The fourth-order valence-corrected chi connectivity index (χ4v) is 1.45. The van der Waals surface area contributed by atoms with Gasteiger partial charge < -0.3 is 17.1 Å². The van der Waals surface area contributed by atoms with E-state index >= 15 is 0 Å². The first kappa shape index (κ1) is 11.1. The van der Waals surface area contributed by atoms with Crippen molar-refractivity contribution in [3.63, 3.8) is 0 Å². The number of halogens is 1. The van der Waals surface area contributed by atoms with E-state index in [2.05, 4.69) is 6.92 Å². The van der Waals surface area contributed by atoms with Gasteiger partial charge in [0.05, 0.1) is 12.2 Å². The van der Waals surface area contributed by atoms with Gasteiger partial charge in [-0.3, -0.25) is 4.79 Å². The van der Waals surface area contributed by atoms with Crippen molar-refractivity contribution in [2.45, 2.75) is 19.8 Å². The number of fused-ring (bicyclic) bond motifs is 2. The predicted octanol–water partition coefficient (Wildman–Crippen LogP) is -0.860. The average Bonchev–Trinajstić information content (AvgIpc) is 2.62. The molecular weight excluding hydrogens is 200 g/mol. The maximum absolute atomic E-state index is 11.3. The number of hydrogen-bond donors (Lipinski definition) is 0. The second kappa shape index (κ2) is 4.47. The molecular formula is C11H12ClO2-. The summed E-state index contributed by atoms with van der Waals surface area (Å²) in [5, 5.41) is 0. The Kier molecular flexibility index (Phi) is 3.53. The highest BCUT2D eigenvalue weighted by molar-refractivity contribution is 6.18. The monoisotopic (exact) mass is 211 g/mol. The van der Waals surface area contributed by atoms with Crippen molar-refractivity contribution in [3.05, 3.63) is 35.1 Å². The zero-order chi connectivity index (χ0) is 9.26. The highest BCUT2D eigenvalue weighted by Crippen LogP contribution is 2.30. The van der Waals surface area contributed by atoms with Crippen LogP contribution >= 0.6 is 0 Å². The van der Waals surface area contributed by atoms with Gasteiger partial charge in [0.1, 0.15) is 5.76 Å². The Morgan fingerprint density at radius 3 is 2.64 bits per heavy atom. The summed E-state index contributed by atoms with van der Waals surface area (Å²) in [6.45, 7) is 2.83.